The second-order valence-corrected chi connectivity index (χ2v) is 3.55. The van der Waals surface area contributed by atoms with Crippen LogP contribution in [-0.2, 0) is 0 Å². The molecule has 0 aliphatic heterocycles. The van der Waals surface area contributed by atoms with Crippen LogP contribution < -0.4 is 0 Å². The summed E-state index contributed by atoms with van der Waals surface area (Å²) in [5, 5.41) is 8.93. The number of alkyl halides is 1. The van der Waals surface area contributed by atoms with Gasteiger partial charge in [0.2, 0.25) is 0 Å². The number of nitriles is 1. The van der Waals surface area contributed by atoms with Crippen molar-refractivity contribution >= 4 is 28.0 Å². The number of aldehydes is 1. The molecule has 0 fully saturated rings. The largest absolute Gasteiger partial charge is 0.298 e. The van der Waals surface area contributed by atoms with Gasteiger partial charge in [0.05, 0.1) is 17.0 Å². The van der Waals surface area contributed by atoms with Crippen LogP contribution in [0.15, 0.2) is 12.1 Å². The van der Waals surface area contributed by atoms with Crippen LogP contribution in [0.3, 0.4) is 0 Å². The maximum Gasteiger partial charge on any atom is 0.174 e. The van der Waals surface area contributed by atoms with E-state index in [0.717, 1.165) is 0 Å². The van der Waals surface area contributed by atoms with Gasteiger partial charge in [0.25, 0.3) is 0 Å². The molecule has 1 aromatic rings. The monoisotopic (exact) mass is 265 g/mol. The van der Waals surface area contributed by atoms with E-state index < -0.39 is 0 Å². The third-order valence-corrected chi connectivity index (χ3v) is 2.68. The van der Waals surface area contributed by atoms with Gasteiger partial charge >= 0.3 is 0 Å². The van der Waals surface area contributed by atoms with Gasteiger partial charge in [-0.2, -0.15) is 5.26 Å². The molecule has 0 heterocycles. The van der Waals surface area contributed by atoms with Crippen molar-refractivity contribution in [1.29, 1.82) is 5.26 Å². The van der Waals surface area contributed by atoms with Crippen molar-refractivity contribution in [2.24, 2.45) is 0 Å². The summed E-state index contributed by atoms with van der Waals surface area (Å²) in [6.45, 7) is 1.66. The van der Waals surface area contributed by atoms with Gasteiger partial charge in [-0.25, -0.2) is 0 Å². The Balaban J connectivity index is 3.45. The van der Waals surface area contributed by atoms with Crippen LogP contribution >= 0.6 is 15.9 Å². The average molecular weight is 266 g/mol. The zero-order valence-electron chi connectivity index (χ0n) is 8.08. The van der Waals surface area contributed by atoms with E-state index in [1.165, 1.54) is 6.07 Å². The van der Waals surface area contributed by atoms with Crippen molar-refractivity contribution in [2.45, 2.75) is 6.92 Å². The molecule has 0 aliphatic rings. The highest BCUT2D eigenvalue weighted by Gasteiger charge is 2.14. The van der Waals surface area contributed by atoms with Gasteiger partial charge < -0.3 is 0 Å². The Kier molecular flexibility index (Phi) is 3.75. The first kappa shape index (κ1) is 11.6. The molecule has 4 heteroatoms. The first-order chi connectivity index (χ1) is 7.15. The summed E-state index contributed by atoms with van der Waals surface area (Å²) in [5.74, 6) is -0.162. The van der Waals surface area contributed by atoms with Crippen molar-refractivity contribution < 1.29 is 9.59 Å². The van der Waals surface area contributed by atoms with Gasteiger partial charge in [0, 0.05) is 11.1 Å². The number of hydrogen-bond acceptors (Lipinski definition) is 3. The molecule has 0 N–H and O–H groups in total. The first-order valence-corrected chi connectivity index (χ1v) is 5.36. The van der Waals surface area contributed by atoms with Crippen molar-refractivity contribution in [2.75, 3.05) is 5.33 Å². The van der Waals surface area contributed by atoms with E-state index in [4.69, 9.17) is 5.26 Å². The minimum absolute atomic E-state index is 0.162. The summed E-state index contributed by atoms with van der Waals surface area (Å²) in [7, 11) is 0. The lowest BCUT2D eigenvalue weighted by atomic mass is 9.96. The van der Waals surface area contributed by atoms with Crippen LogP contribution in [0.1, 0.15) is 31.8 Å². The lowest BCUT2D eigenvalue weighted by Gasteiger charge is -2.06. The Labute approximate surface area is 95.8 Å². The molecule has 0 amide bonds. The summed E-state index contributed by atoms with van der Waals surface area (Å²) in [5.41, 5.74) is 1.64. The Hall–Kier alpha value is -1.47. The van der Waals surface area contributed by atoms with Gasteiger partial charge in [-0.15, -0.1) is 0 Å². The van der Waals surface area contributed by atoms with Gasteiger partial charge in [0.1, 0.15) is 0 Å². The summed E-state index contributed by atoms with van der Waals surface area (Å²) in [6.07, 6.45) is 0.617. The fourth-order valence-electron chi connectivity index (χ4n) is 1.32. The highest BCUT2D eigenvalue weighted by molar-refractivity contribution is 9.09. The third-order valence-electron chi connectivity index (χ3n) is 2.17. The van der Waals surface area contributed by atoms with Crippen LogP contribution in [0.25, 0.3) is 0 Å². The maximum atomic E-state index is 11.5. The second kappa shape index (κ2) is 4.85. The van der Waals surface area contributed by atoms with Crippen molar-refractivity contribution in [3.8, 4) is 6.07 Å². The smallest absolute Gasteiger partial charge is 0.174 e. The Morgan fingerprint density at radius 2 is 2.27 bits per heavy atom. The van der Waals surface area contributed by atoms with Crippen molar-refractivity contribution in [1.82, 2.24) is 0 Å². The molecule has 0 saturated heterocycles. The molecule has 1 rings (SSSR count). The molecule has 76 valence electrons. The molecule has 0 aliphatic carbocycles. The molecule has 0 radical (unpaired) electrons. The summed E-state index contributed by atoms with van der Waals surface area (Å²) in [4.78, 5) is 22.3. The normalized spacial score (nSPS) is 9.40. The van der Waals surface area contributed by atoms with Crippen LogP contribution in [0.2, 0.25) is 0 Å². The molecule has 3 nitrogen and oxygen atoms in total. The van der Waals surface area contributed by atoms with E-state index in [0.29, 0.717) is 28.5 Å². The van der Waals surface area contributed by atoms with E-state index in [-0.39, 0.29) is 11.1 Å². The number of Topliss-reactive ketones (excluding diaryl/α,β-unsaturated/α-hetero) is 1. The fourth-order valence-corrected chi connectivity index (χ4v) is 1.62. The molecular weight excluding hydrogens is 258 g/mol. The standard InChI is InChI=1S/C11H8BrNO2/c1-7-8(5-13)2-3-9(10(7)6-14)11(15)4-12/h2-3,6H,4H2,1H3. The summed E-state index contributed by atoms with van der Waals surface area (Å²) >= 11 is 3.04. The quantitative estimate of drug-likeness (QED) is 0.479. The average Bonchev–Trinajstić information content (AvgIpc) is 2.27. The maximum absolute atomic E-state index is 11.5. The Morgan fingerprint density at radius 1 is 1.60 bits per heavy atom. The molecule has 0 bridgehead atoms. The van der Waals surface area contributed by atoms with Crippen LogP contribution in [0, 0.1) is 18.3 Å². The van der Waals surface area contributed by atoms with Gasteiger partial charge in [-0.3, -0.25) is 9.59 Å². The number of carbonyl (C=O) groups is 2. The number of nitrogens with zero attached hydrogens (tertiary/aromatic N) is 1. The fraction of sp³-hybridized carbons (Fsp3) is 0.182. The van der Waals surface area contributed by atoms with E-state index in [2.05, 4.69) is 15.9 Å². The minimum Gasteiger partial charge on any atom is -0.298 e. The SMILES string of the molecule is Cc1c(C#N)ccc(C(=O)CBr)c1C=O. The van der Waals surface area contributed by atoms with E-state index in [1.807, 2.05) is 6.07 Å². The first-order valence-electron chi connectivity index (χ1n) is 4.23. The zero-order chi connectivity index (χ0) is 11.4. The molecule has 0 spiro atoms. The van der Waals surface area contributed by atoms with Crippen LogP contribution in [0.5, 0.6) is 0 Å². The number of rotatable bonds is 3. The highest BCUT2D eigenvalue weighted by Crippen LogP contribution is 2.17. The number of hydrogen-bond donors (Lipinski definition) is 0. The molecule has 0 unspecified atom stereocenters. The van der Waals surface area contributed by atoms with Crippen LogP contribution in [-0.4, -0.2) is 17.4 Å². The number of halogens is 1. The van der Waals surface area contributed by atoms with Gasteiger partial charge in [0.15, 0.2) is 12.1 Å². The Bertz CT molecular complexity index is 460. The molecule has 15 heavy (non-hydrogen) atoms. The van der Waals surface area contributed by atoms with E-state index in [9.17, 15) is 9.59 Å². The summed E-state index contributed by atoms with van der Waals surface area (Å²) in [6, 6.07) is 5.04. The predicted molar refractivity (Wildman–Crippen MR) is 59.4 cm³/mol. The summed E-state index contributed by atoms with van der Waals surface area (Å²) < 4.78 is 0. The van der Waals surface area contributed by atoms with Crippen LogP contribution in [0.4, 0.5) is 0 Å². The highest BCUT2D eigenvalue weighted by atomic mass is 79.9. The molecule has 1 aromatic carbocycles. The lowest BCUT2D eigenvalue weighted by Crippen LogP contribution is -2.07. The molecule has 0 atom stereocenters. The molecule has 0 aromatic heterocycles. The third kappa shape index (κ3) is 2.13. The predicted octanol–water partition coefficient (Wildman–Crippen LogP) is 2.26. The number of benzene rings is 1. The van der Waals surface area contributed by atoms with Gasteiger partial charge in [-0.1, -0.05) is 15.9 Å². The van der Waals surface area contributed by atoms with E-state index in [1.54, 1.807) is 13.0 Å². The number of ketones is 1. The molecular formula is C11H8BrNO2. The zero-order valence-corrected chi connectivity index (χ0v) is 9.67. The second-order valence-electron chi connectivity index (χ2n) is 2.99. The van der Waals surface area contributed by atoms with Gasteiger partial charge in [-0.05, 0) is 24.6 Å². The number of carbonyl (C=O) groups excluding carboxylic acids is 2. The Morgan fingerprint density at radius 3 is 2.73 bits per heavy atom. The lowest BCUT2D eigenvalue weighted by molar-refractivity contribution is 0.101. The topological polar surface area (TPSA) is 57.9 Å². The van der Waals surface area contributed by atoms with E-state index >= 15 is 0 Å². The minimum atomic E-state index is -0.162. The molecule has 0 saturated carbocycles. The van der Waals surface area contributed by atoms with Crippen molar-refractivity contribution in [3.05, 3.63) is 34.4 Å². The van der Waals surface area contributed by atoms with Crippen molar-refractivity contribution in [3.63, 3.8) is 0 Å².